The summed E-state index contributed by atoms with van der Waals surface area (Å²) >= 11 is 0. The molecule has 0 saturated carbocycles. The zero-order valence-electron chi connectivity index (χ0n) is 15.2. The van der Waals surface area contributed by atoms with Gasteiger partial charge in [-0.2, -0.15) is 0 Å². The lowest BCUT2D eigenvalue weighted by atomic mass is 10.1. The van der Waals surface area contributed by atoms with Crippen molar-refractivity contribution in [1.29, 1.82) is 0 Å². The number of benzene rings is 2. The summed E-state index contributed by atoms with van der Waals surface area (Å²) < 4.78 is 37.5. The average molecular weight is 402 g/mol. The topological polar surface area (TPSA) is 105 Å². The van der Waals surface area contributed by atoms with Crippen LogP contribution >= 0.6 is 0 Å². The summed E-state index contributed by atoms with van der Waals surface area (Å²) in [7, 11) is 1.56. The van der Waals surface area contributed by atoms with Crippen LogP contribution in [0.15, 0.2) is 35.1 Å². The number of fused-ring (bicyclic) bond motifs is 2. The maximum Gasteiger partial charge on any atom is 0.287 e. The van der Waals surface area contributed by atoms with E-state index in [4.69, 9.17) is 9.47 Å². The van der Waals surface area contributed by atoms with Crippen molar-refractivity contribution >= 4 is 22.5 Å². The normalized spacial score (nSPS) is 15.3. The van der Waals surface area contributed by atoms with Crippen molar-refractivity contribution in [3.8, 4) is 5.75 Å². The maximum absolute atomic E-state index is 13.4. The number of halogens is 2. The van der Waals surface area contributed by atoms with Gasteiger partial charge in [-0.25, -0.2) is 13.8 Å². The third-order valence-electron chi connectivity index (χ3n) is 4.45. The highest BCUT2D eigenvalue weighted by Crippen LogP contribution is 2.30. The zero-order valence-corrected chi connectivity index (χ0v) is 15.2. The van der Waals surface area contributed by atoms with Crippen molar-refractivity contribution in [1.82, 2.24) is 15.3 Å². The van der Waals surface area contributed by atoms with Gasteiger partial charge >= 0.3 is 0 Å². The van der Waals surface area contributed by atoms with Crippen LogP contribution in [0.25, 0.3) is 10.9 Å². The number of methoxy groups -OCH3 is 1. The number of rotatable bonds is 4. The van der Waals surface area contributed by atoms with Crippen molar-refractivity contribution in [3.63, 3.8) is 0 Å². The number of hydrogen-bond donors (Lipinski definition) is 3. The van der Waals surface area contributed by atoms with E-state index in [1.54, 1.807) is 25.3 Å². The summed E-state index contributed by atoms with van der Waals surface area (Å²) in [5.74, 6) is -2.61. The Morgan fingerprint density at radius 1 is 1.31 bits per heavy atom. The van der Waals surface area contributed by atoms with Crippen LogP contribution in [0.3, 0.4) is 0 Å². The van der Waals surface area contributed by atoms with Crippen LogP contribution in [-0.2, 0) is 11.3 Å². The molecular weight excluding hydrogens is 386 g/mol. The van der Waals surface area contributed by atoms with Gasteiger partial charge in [-0.1, -0.05) is 6.07 Å². The first-order valence-corrected chi connectivity index (χ1v) is 8.67. The number of nitrogens with one attached hydrogen (secondary N) is 3. The summed E-state index contributed by atoms with van der Waals surface area (Å²) in [5, 5.41) is 5.64. The molecule has 1 aromatic heterocycles. The van der Waals surface area contributed by atoms with Crippen LogP contribution in [0, 0.1) is 11.6 Å². The van der Waals surface area contributed by atoms with Gasteiger partial charge in [-0.15, -0.1) is 0 Å². The van der Waals surface area contributed by atoms with Crippen LogP contribution in [0.2, 0.25) is 0 Å². The van der Waals surface area contributed by atoms with E-state index in [1.807, 2.05) is 0 Å². The Kier molecular flexibility index (Phi) is 4.85. The third-order valence-corrected chi connectivity index (χ3v) is 4.45. The molecular formula is C19H16F2N4O4. The van der Waals surface area contributed by atoms with Crippen molar-refractivity contribution in [3.05, 3.63) is 63.7 Å². The van der Waals surface area contributed by atoms with Gasteiger partial charge in [0.2, 0.25) is 0 Å². The van der Waals surface area contributed by atoms with Crippen LogP contribution in [-0.4, -0.2) is 35.8 Å². The van der Waals surface area contributed by atoms with E-state index in [-0.39, 0.29) is 29.5 Å². The number of aromatic nitrogens is 2. The average Bonchev–Trinajstić information content (AvgIpc) is 2.72. The minimum Gasteiger partial charge on any atom is -0.487 e. The predicted octanol–water partition coefficient (Wildman–Crippen LogP) is 1.91. The monoisotopic (exact) mass is 402 g/mol. The molecule has 0 aliphatic carbocycles. The predicted molar refractivity (Wildman–Crippen MR) is 99.8 cm³/mol. The van der Waals surface area contributed by atoms with Gasteiger partial charge in [0.05, 0.1) is 16.6 Å². The minimum atomic E-state index is -1.16. The molecule has 0 bridgehead atoms. The molecule has 1 unspecified atom stereocenters. The van der Waals surface area contributed by atoms with E-state index in [9.17, 15) is 18.4 Å². The molecule has 2 aromatic carbocycles. The van der Waals surface area contributed by atoms with Gasteiger partial charge < -0.3 is 25.1 Å². The number of amides is 1. The Morgan fingerprint density at radius 3 is 2.90 bits per heavy atom. The summed E-state index contributed by atoms with van der Waals surface area (Å²) in [6.07, 6.45) is -0.274. The molecule has 150 valence electrons. The fraction of sp³-hybridized carbons (Fsp3) is 0.211. The number of nitrogens with zero attached hydrogens (tertiary/aromatic N) is 1. The first-order valence-electron chi connectivity index (χ1n) is 8.67. The molecule has 1 aliphatic rings. The fourth-order valence-corrected chi connectivity index (χ4v) is 2.94. The molecule has 8 nitrogen and oxygen atoms in total. The molecule has 0 saturated heterocycles. The molecule has 1 atom stereocenters. The van der Waals surface area contributed by atoms with Crippen molar-refractivity contribution in [2.45, 2.75) is 12.8 Å². The lowest BCUT2D eigenvalue weighted by molar-refractivity contribution is 0.0704. The number of carbonyl (C=O) groups is 1. The fourth-order valence-electron chi connectivity index (χ4n) is 2.94. The molecule has 3 aromatic rings. The highest BCUT2D eigenvalue weighted by atomic mass is 19.2. The first kappa shape index (κ1) is 18.8. The number of hydrogen-bond acceptors (Lipinski definition) is 6. The van der Waals surface area contributed by atoms with Gasteiger partial charge in [0.1, 0.15) is 12.4 Å². The van der Waals surface area contributed by atoms with Gasteiger partial charge in [0.25, 0.3) is 11.5 Å². The zero-order chi connectivity index (χ0) is 20.5. The van der Waals surface area contributed by atoms with E-state index in [0.717, 1.165) is 23.4 Å². The summed E-state index contributed by atoms with van der Waals surface area (Å²) in [4.78, 5) is 30.6. The highest BCUT2D eigenvalue weighted by molar-refractivity contribution is 5.92. The van der Waals surface area contributed by atoms with Gasteiger partial charge in [0.15, 0.2) is 23.7 Å². The standard InChI is InChI=1S/C19H16F2N4O4/c1-28-16-8-29-15-3-2-9(4-14(15)23-16)7-22-19(27)17-24-13-6-12(21)11(20)5-10(13)18(26)25-17/h2-6,16,23H,7-8H2,1H3,(H,22,27)(H,24,25,26). The summed E-state index contributed by atoms with van der Waals surface area (Å²) in [6, 6.07) is 6.87. The van der Waals surface area contributed by atoms with E-state index in [0.29, 0.717) is 12.4 Å². The summed E-state index contributed by atoms with van der Waals surface area (Å²) in [5.41, 5.74) is 0.643. The highest BCUT2D eigenvalue weighted by Gasteiger charge is 2.19. The molecule has 1 aliphatic heterocycles. The molecule has 0 fully saturated rings. The largest absolute Gasteiger partial charge is 0.487 e. The maximum atomic E-state index is 13.4. The Labute approximate surface area is 162 Å². The van der Waals surface area contributed by atoms with Crippen LogP contribution in [0.1, 0.15) is 16.2 Å². The lowest BCUT2D eigenvalue weighted by Gasteiger charge is -2.26. The minimum absolute atomic E-state index is 0.112. The van der Waals surface area contributed by atoms with E-state index >= 15 is 0 Å². The smallest absolute Gasteiger partial charge is 0.287 e. The van der Waals surface area contributed by atoms with Crippen LogP contribution in [0.5, 0.6) is 5.75 Å². The number of carbonyl (C=O) groups excluding carboxylic acids is 1. The van der Waals surface area contributed by atoms with E-state index in [1.165, 1.54) is 0 Å². The second kappa shape index (κ2) is 7.47. The van der Waals surface area contributed by atoms with Crippen LogP contribution in [0.4, 0.5) is 14.5 Å². The van der Waals surface area contributed by atoms with Gasteiger partial charge in [-0.05, 0) is 23.8 Å². The Hall–Kier alpha value is -3.53. The summed E-state index contributed by atoms with van der Waals surface area (Å²) in [6.45, 7) is 0.524. The molecule has 3 N–H and O–H groups in total. The van der Waals surface area contributed by atoms with Gasteiger partial charge in [0, 0.05) is 19.7 Å². The third kappa shape index (κ3) is 3.74. The lowest BCUT2D eigenvalue weighted by Crippen LogP contribution is -2.33. The molecule has 2 heterocycles. The SMILES string of the molecule is COC1COc2ccc(CNC(=O)c3nc4cc(F)c(F)cc4c(=O)[nH]3)cc2N1. The van der Waals surface area contributed by atoms with E-state index in [2.05, 4.69) is 20.6 Å². The Balaban J connectivity index is 1.52. The van der Waals surface area contributed by atoms with Crippen molar-refractivity contribution in [2.24, 2.45) is 0 Å². The Morgan fingerprint density at radius 2 is 2.10 bits per heavy atom. The number of ether oxygens (including phenoxy) is 2. The number of aromatic amines is 1. The van der Waals surface area contributed by atoms with Crippen LogP contribution < -0.4 is 20.9 Å². The second-order valence-electron chi connectivity index (χ2n) is 6.39. The quantitative estimate of drug-likeness (QED) is 0.616. The molecule has 1 amide bonds. The number of H-pyrrole nitrogens is 1. The molecule has 4 rings (SSSR count). The van der Waals surface area contributed by atoms with Crippen molar-refractivity contribution in [2.75, 3.05) is 19.0 Å². The second-order valence-corrected chi connectivity index (χ2v) is 6.39. The Bertz CT molecular complexity index is 1160. The van der Waals surface area contributed by atoms with Gasteiger partial charge in [-0.3, -0.25) is 9.59 Å². The number of anilines is 1. The van der Waals surface area contributed by atoms with E-state index < -0.39 is 23.1 Å². The molecule has 29 heavy (non-hydrogen) atoms. The molecule has 0 spiro atoms. The molecule has 0 radical (unpaired) electrons. The van der Waals surface area contributed by atoms with Crippen molar-refractivity contribution < 1.29 is 23.0 Å². The molecule has 10 heteroatoms. The first-order chi connectivity index (χ1) is 13.9.